The van der Waals surface area contributed by atoms with Gasteiger partial charge in [-0.3, -0.25) is 14.9 Å². The highest BCUT2D eigenvalue weighted by Crippen LogP contribution is 2.24. The van der Waals surface area contributed by atoms with Crippen molar-refractivity contribution < 1.29 is 9.59 Å². The lowest BCUT2D eigenvalue weighted by atomic mass is 10.1. The summed E-state index contributed by atoms with van der Waals surface area (Å²) in [4.78, 5) is 24.0. The zero-order valence-electron chi connectivity index (χ0n) is 14.5. The van der Waals surface area contributed by atoms with E-state index in [-0.39, 0.29) is 11.7 Å². The summed E-state index contributed by atoms with van der Waals surface area (Å²) in [5.41, 5.74) is 2.55. The number of thioether (sulfide) groups is 1. The van der Waals surface area contributed by atoms with Gasteiger partial charge in [0.05, 0.1) is 5.75 Å². The van der Waals surface area contributed by atoms with E-state index in [0.29, 0.717) is 10.7 Å². The summed E-state index contributed by atoms with van der Waals surface area (Å²) in [5.74, 6) is 0.0450. The summed E-state index contributed by atoms with van der Waals surface area (Å²) < 4.78 is 1.85. The van der Waals surface area contributed by atoms with Crippen LogP contribution in [0.5, 0.6) is 0 Å². The molecule has 0 aliphatic carbocycles. The van der Waals surface area contributed by atoms with Crippen molar-refractivity contribution in [2.75, 3.05) is 5.75 Å². The first kappa shape index (κ1) is 17.9. The van der Waals surface area contributed by atoms with Crippen LogP contribution in [-0.4, -0.2) is 32.3 Å². The largest absolute Gasteiger partial charge is 0.305 e. The fraction of sp³-hybridized carbons (Fsp3) is 0.158. The average molecular weight is 366 g/mol. The Bertz CT molecular complexity index is 938. The molecule has 1 heterocycles. The van der Waals surface area contributed by atoms with Crippen molar-refractivity contribution in [1.82, 2.24) is 20.1 Å². The number of aryl methyl sites for hydroxylation is 1. The normalized spacial score (nSPS) is 10.5. The molecular formula is C19H18N4O2S. The Morgan fingerprint density at radius 1 is 1.04 bits per heavy atom. The summed E-state index contributed by atoms with van der Waals surface area (Å²) in [5, 5.41) is 11.4. The van der Waals surface area contributed by atoms with Crippen LogP contribution in [0.4, 0.5) is 0 Å². The monoisotopic (exact) mass is 366 g/mol. The van der Waals surface area contributed by atoms with Gasteiger partial charge in [-0.2, -0.15) is 0 Å². The highest BCUT2D eigenvalue weighted by molar-refractivity contribution is 7.99. The van der Waals surface area contributed by atoms with Gasteiger partial charge in [0.2, 0.25) is 5.91 Å². The van der Waals surface area contributed by atoms with Crippen LogP contribution in [0.15, 0.2) is 59.8 Å². The summed E-state index contributed by atoms with van der Waals surface area (Å²) >= 11 is 1.24. The molecule has 0 bridgehead atoms. The molecule has 0 aliphatic rings. The number of hydrogen-bond acceptors (Lipinski definition) is 5. The fourth-order valence-corrected chi connectivity index (χ4v) is 3.16. The molecule has 0 saturated carbocycles. The van der Waals surface area contributed by atoms with E-state index < -0.39 is 5.91 Å². The minimum atomic E-state index is -0.408. The average Bonchev–Trinajstić information content (AvgIpc) is 3.01. The Labute approximate surface area is 155 Å². The first-order valence-electron chi connectivity index (χ1n) is 8.03. The molecule has 6 nitrogen and oxygen atoms in total. The van der Waals surface area contributed by atoms with Gasteiger partial charge in [0.1, 0.15) is 0 Å². The molecule has 2 amide bonds. The Kier molecular flexibility index (Phi) is 5.48. The van der Waals surface area contributed by atoms with E-state index in [1.807, 2.05) is 48.9 Å². The van der Waals surface area contributed by atoms with Gasteiger partial charge in [-0.15, -0.1) is 10.2 Å². The molecule has 3 rings (SSSR count). The van der Waals surface area contributed by atoms with E-state index in [0.717, 1.165) is 17.0 Å². The molecule has 1 N–H and O–H groups in total. The maximum Gasteiger partial charge on any atom is 0.257 e. The van der Waals surface area contributed by atoms with Crippen molar-refractivity contribution in [3.8, 4) is 11.4 Å². The topological polar surface area (TPSA) is 76.9 Å². The molecule has 0 saturated heterocycles. The number of carbonyl (C=O) groups is 2. The van der Waals surface area contributed by atoms with Crippen LogP contribution in [0.1, 0.15) is 15.9 Å². The number of hydrogen-bond donors (Lipinski definition) is 1. The smallest absolute Gasteiger partial charge is 0.257 e. The number of amides is 2. The van der Waals surface area contributed by atoms with Crippen LogP contribution in [0.25, 0.3) is 11.4 Å². The second-order valence-electron chi connectivity index (χ2n) is 5.71. The third-order valence-electron chi connectivity index (χ3n) is 3.84. The Morgan fingerprint density at radius 3 is 2.46 bits per heavy atom. The lowest BCUT2D eigenvalue weighted by Crippen LogP contribution is -2.31. The van der Waals surface area contributed by atoms with E-state index in [1.54, 1.807) is 24.3 Å². The molecular weight excluding hydrogens is 348 g/mol. The van der Waals surface area contributed by atoms with Gasteiger partial charge >= 0.3 is 0 Å². The molecule has 26 heavy (non-hydrogen) atoms. The summed E-state index contributed by atoms with van der Waals surface area (Å²) in [7, 11) is 1.86. The molecule has 3 aromatic rings. The quantitative estimate of drug-likeness (QED) is 0.703. The van der Waals surface area contributed by atoms with Gasteiger partial charge in [0.15, 0.2) is 11.0 Å². The lowest BCUT2D eigenvalue weighted by molar-refractivity contribution is -0.117. The fourth-order valence-electron chi connectivity index (χ4n) is 2.45. The minimum Gasteiger partial charge on any atom is -0.305 e. The van der Waals surface area contributed by atoms with Crippen molar-refractivity contribution >= 4 is 23.6 Å². The predicted octanol–water partition coefficient (Wildman–Crippen LogP) is 2.84. The van der Waals surface area contributed by atoms with E-state index >= 15 is 0 Å². The molecule has 0 fully saturated rings. The van der Waals surface area contributed by atoms with Crippen LogP contribution in [0, 0.1) is 6.92 Å². The van der Waals surface area contributed by atoms with E-state index in [1.165, 1.54) is 11.8 Å². The highest BCUT2D eigenvalue weighted by Gasteiger charge is 2.15. The first-order valence-corrected chi connectivity index (χ1v) is 9.02. The van der Waals surface area contributed by atoms with Crippen LogP contribution >= 0.6 is 11.8 Å². The van der Waals surface area contributed by atoms with Crippen molar-refractivity contribution in [3.63, 3.8) is 0 Å². The first-order chi connectivity index (χ1) is 12.6. The molecule has 7 heteroatoms. The van der Waals surface area contributed by atoms with Crippen molar-refractivity contribution in [1.29, 1.82) is 0 Å². The van der Waals surface area contributed by atoms with Gasteiger partial charge in [-0.25, -0.2) is 0 Å². The minimum absolute atomic E-state index is 0.0817. The Morgan fingerprint density at radius 2 is 1.73 bits per heavy atom. The van der Waals surface area contributed by atoms with E-state index in [9.17, 15) is 9.59 Å². The predicted molar refractivity (Wildman–Crippen MR) is 101 cm³/mol. The number of rotatable bonds is 5. The van der Waals surface area contributed by atoms with Crippen LogP contribution < -0.4 is 5.32 Å². The molecule has 2 aromatic carbocycles. The number of benzene rings is 2. The SMILES string of the molecule is Cc1ccccc1-c1nnc(SCC(=O)NC(=O)c2ccccc2)n1C. The Balaban J connectivity index is 1.63. The molecule has 0 spiro atoms. The summed E-state index contributed by atoms with van der Waals surface area (Å²) in [6, 6.07) is 16.6. The van der Waals surface area contributed by atoms with Gasteiger partial charge in [-0.1, -0.05) is 54.2 Å². The summed E-state index contributed by atoms with van der Waals surface area (Å²) in [6.45, 7) is 2.01. The lowest BCUT2D eigenvalue weighted by Gasteiger charge is -2.06. The Hall–Kier alpha value is -2.93. The second kappa shape index (κ2) is 7.97. The van der Waals surface area contributed by atoms with E-state index in [4.69, 9.17) is 0 Å². The van der Waals surface area contributed by atoms with Gasteiger partial charge in [-0.05, 0) is 24.6 Å². The zero-order chi connectivity index (χ0) is 18.5. The molecule has 0 unspecified atom stereocenters. The van der Waals surface area contributed by atoms with Crippen LogP contribution in [-0.2, 0) is 11.8 Å². The van der Waals surface area contributed by atoms with Crippen LogP contribution in [0.3, 0.4) is 0 Å². The summed E-state index contributed by atoms with van der Waals surface area (Å²) in [6.07, 6.45) is 0. The molecule has 0 aliphatic heterocycles. The molecule has 0 atom stereocenters. The second-order valence-corrected chi connectivity index (χ2v) is 6.65. The van der Waals surface area contributed by atoms with Crippen molar-refractivity contribution in [2.24, 2.45) is 7.05 Å². The maximum absolute atomic E-state index is 12.0. The number of nitrogens with zero attached hydrogens (tertiary/aromatic N) is 3. The number of carbonyl (C=O) groups excluding carboxylic acids is 2. The van der Waals surface area contributed by atoms with Crippen molar-refractivity contribution in [2.45, 2.75) is 12.1 Å². The highest BCUT2D eigenvalue weighted by atomic mass is 32.2. The van der Waals surface area contributed by atoms with Crippen molar-refractivity contribution in [3.05, 3.63) is 65.7 Å². The van der Waals surface area contributed by atoms with Gasteiger partial charge < -0.3 is 4.57 Å². The zero-order valence-corrected chi connectivity index (χ0v) is 15.3. The maximum atomic E-state index is 12.0. The van der Waals surface area contributed by atoms with E-state index in [2.05, 4.69) is 15.5 Å². The molecule has 132 valence electrons. The number of aromatic nitrogens is 3. The van der Waals surface area contributed by atoms with Gasteiger partial charge in [0.25, 0.3) is 5.91 Å². The molecule has 1 aromatic heterocycles. The molecule has 0 radical (unpaired) electrons. The third-order valence-corrected chi connectivity index (χ3v) is 4.86. The van der Waals surface area contributed by atoms with Gasteiger partial charge in [0, 0.05) is 18.2 Å². The number of imide groups is 1. The van der Waals surface area contributed by atoms with Crippen LogP contribution in [0.2, 0.25) is 0 Å². The number of nitrogens with one attached hydrogen (secondary N) is 1. The third kappa shape index (κ3) is 4.00. The standard InChI is InChI=1S/C19H18N4O2S/c1-13-8-6-7-11-15(13)17-21-22-19(23(17)2)26-12-16(24)20-18(25)14-9-4-3-5-10-14/h3-11H,12H2,1-2H3,(H,20,24,25).